The number of aliphatic hydroxyl groups excluding tert-OH is 1. The molecule has 0 spiro atoms. The van der Waals surface area contributed by atoms with Crippen molar-refractivity contribution in [2.45, 2.75) is 89.4 Å². The van der Waals surface area contributed by atoms with Crippen LogP contribution in [0.3, 0.4) is 0 Å². The van der Waals surface area contributed by atoms with Crippen LogP contribution in [0.2, 0.25) is 0 Å². The number of ether oxygens (including phenoxy) is 1. The van der Waals surface area contributed by atoms with Crippen LogP contribution in [0, 0.1) is 0 Å². The number of nitrogens with two attached hydrogens (primary N) is 2. The number of likely N-dealkylation sites (tertiary alicyclic amines) is 1. The SMILES string of the molecule is CC(C)(C)N1CCC[C@H]1C(=O)NC([C@H](O)CCc1ccccc1)N(C(=O)c1cc2ccccc2cc1NC(=O)OCc1ccccc1)C(=O)[C@@H](N)CC(N)=O. The molecule has 290 valence electrons. The van der Waals surface area contributed by atoms with Gasteiger partial charge in [-0.1, -0.05) is 84.9 Å². The molecule has 1 aliphatic heterocycles. The van der Waals surface area contributed by atoms with Crippen molar-refractivity contribution in [3.05, 3.63) is 114 Å². The molecule has 4 aromatic rings. The second-order valence-corrected chi connectivity index (χ2v) is 14.8. The Balaban J connectivity index is 1.57. The summed E-state index contributed by atoms with van der Waals surface area (Å²) in [5, 5.41) is 18.7. The number of nitrogens with zero attached hydrogens (tertiary/aromatic N) is 2. The molecule has 5 rings (SSSR count). The number of primary amides is 1. The molecule has 1 heterocycles. The number of nitrogens with one attached hydrogen (secondary N) is 2. The van der Waals surface area contributed by atoms with Gasteiger partial charge in [0.2, 0.25) is 17.7 Å². The molecule has 1 aliphatic rings. The molecule has 7 N–H and O–H groups in total. The molecule has 1 saturated heterocycles. The van der Waals surface area contributed by atoms with Gasteiger partial charge in [-0.15, -0.1) is 0 Å². The van der Waals surface area contributed by atoms with Crippen LogP contribution in [0.25, 0.3) is 10.8 Å². The predicted molar refractivity (Wildman–Crippen MR) is 209 cm³/mol. The molecular formula is C42H50N6O7. The summed E-state index contributed by atoms with van der Waals surface area (Å²) in [5.74, 6) is -3.43. The average molecular weight is 751 g/mol. The number of carbonyl (C=O) groups is 5. The molecule has 1 unspecified atom stereocenters. The lowest BCUT2D eigenvalue weighted by Gasteiger charge is -2.39. The fraction of sp³-hybridized carbons (Fsp3) is 0.357. The van der Waals surface area contributed by atoms with Crippen molar-refractivity contribution >= 4 is 46.2 Å². The largest absolute Gasteiger partial charge is 0.444 e. The van der Waals surface area contributed by atoms with Gasteiger partial charge in [-0.05, 0) is 87.0 Å². The number of hydrogen-bond donors (Lipinski definition) is 5. The molecule has 0 saturated carbocycles. The van der Waals surface area contributed by atoms with E-state index in [1.807, 2.05) is 74.2 Å². The molecular weight excluding hydrogens is 700 g/mol. The minimum atomic E-state index is -1.64. The minimum absolute atomic E-state index is 0.00147. The lowest BCUT2D eigenvalue weighted by molar-refractivity contribution is -0.140. The first kappa shape index (κ1) is 40.6. The number of anilines is 1. The van der Waals surface area contributed by atoms with Gasteiger partial charge in [0.25, 0.3) is 5.91 Å². The van der Waals surface area contributed by atoms with Gasteiger partial charge in [0.1, 0.15) is 12.8 Å². The van der Waals surface area contributed by atoms with E-state index in [4.69, 9.17) is 16.2 Å². The zero-order valence-corrected chi connectivity index (χ0v) is 31.4. The van der Waals surface area contributed by atoms with Crippen LogP contribution in [0.1, 0.15) is 67.9 Å². The van der Waals surface area contributed by atoms with E-state index < -0.39 is 60.5 Å². The first-order chi connectivity index (χ1) is 26.2. The fourth-order valence-corrected chi connectivity index (χ4v) is 6.90. The van der Waals surface area contributed by atoms with Crippen molar-refractivity contribution in [2.75, 3.05) is 11.9 Å². The van der Waals surface area contributed by atoms with E-state index in [0.29, 0.717) is 35.1 Å². The van der Waals surface area contributed by atoms with Crippen molar-refractivity contribution in [2.24, 2.45) is 11.5 Å². The number of rotatable bonds is 14. The third-order valence-corrected chi connectivity index (χ3v) is 9.68. The topological polar surface area (TPSA) is 197 Å². The van der Waals surface area contributed by atoms with Crippen LogP contribution in [-0.2, 0) is 32.1 Å². The Morgan fingerprint density at radius 2 is 1.51 bits per heavy atom. The number of imide groups is 1. The molecule has 5 amide bonds. The molecule has 13 nitrogen and oxygen atoms in total. The Kier molecular flexibility index (Phi) is 13.4. The average Bonchev–Trinajstić information content (AvgIpc) is 3.68. The molecule has 0 aliphatic carbocycles. The standard InChI is InChI=1S/C42H50N6O7/c1-42(2,3)47-22-12-19-34(47)38(51)46-37(35(49)21-20-27-13-6-4-7-14-27)48(40(53)32(43)25-36(44)50)39(52)31-23-29-17-10-11-18-30(29)24-33(31)45-41(54)55-26-28-15-8-5-9-16-28/h4-11,13-18,23-24,32,34-35,37,49H,12,19-22,25-26,43H2,1-3H3,(H2,44,50)(H,45,54)(H,46,51)/t32-,34-,35+,37?/m0/s1. The van der Waals surface area contributed by atoms with Crippen molar-refractivity contribution in [1.29, 1.82) is 0 Å². The second kappa shape index (κ2) is 18.1. The smallest absolute Gasteiger partial charge is 0.411 e. The fourth-order valence-electron chi connectivity index (χ4n) is 6.90. The van der Waals surface area contributed by atoms with Crippen LogP contribution >= 0.6 is 0 Å². The number of carbonyl (C=O) groups excluding carboxylic acids is 5. The highest BCUT2D eigenvalue weighted by atomic mass is 16.5. The van der Waals surface area contributed by atoms with E-state index in [1.54, 1.807) is 42.5 Å². The maximum absolute atomic E-state index is 15.0. The molecule has 55 heavy (non-hydrogen) atoms. The lowest BCUT2D eigenvalue weighted by atomic mass is 10.00. The van der Waals surface area contributed by atoms with Gasteiger partial charge in [-0.2, -0.15) is 0 Å². The van der Waals surface area contributed by atoms with E-state index >= 15 is 4.79 Å². The van der Waals surface area contributed by atoms with E-state index in [9.17, 15) is 24.3 Å². The highest BCUT2D eigenvalue weighted by molar-refractivity contribution is 6.13. The van der Waals surface area contributed by atoms with Crippen molar-refractivity contribution in [3.63, 3.8) is 0 Å². The zero-order chi connectivity index (χ0) is 39.7. The van der Waals surface area contributed by atoms with Gasteiger partial charge in [-0.25, -0.2) is 4.79 Å². The number of hydrogen-bond acceptors (Lipinski definition) is 9. The molecule has 4 atom stereocenters. The van der Waals surface area contributed by atoms with Crippen LogP contribution in [0.5, 0.6) is 0 Å². The lowest BCUT2D eigenvalue weighted by Crippen LogP contribution is -2.64. The van der Waals surface area contributed by atoms with Gasteiger partial charge in [0.15, 0.2) is 0 Å². The Morgan fingerprint density at radius 3 is 2.13 bits per heavy atom. The third kappa shape index (κ3) is 10.5. The summed E-state index contributed by atoms with van der Waals surface area (Å²) in [6.07, 6.45) is -2.98. The van der Waals surface area contributed by atoms with Gasteiger partial charge < -0.3 is 26.6 Å². The molecule has 13 heteroatoms. The number of amides is 5. The summed E-state index contributed by atoms with van der Waals surface area (Å²) < 4.78 is 5.46. The molecule has 0 bridgehead atoms. The van der Waals surface area contributed by atoms with Crippen LogP contribution in [0.4, 0.5) is 10.5 Å². The zero-order valence-electron chi connectivity index (χ0n) is 31.4. The maximum Gasteiger partial charge on any atom is 0.411 e. The summed E-state index contributed by atoms with van der Waals surface area (Å²) in [6.45, 7) is 6.58. The second-order valence-electron chi connectivity index (χ2n) is 14.8. The Bertz CT molecular complexity index is 1980. The molecule has 1 fully saturated rings. The van der Waals surface area contributed by atoms with E-state index in [-0.39, 0.29) is 29.8 Å². The van der Waals surface area contributed by atoms with Crippen molar-refractivity contribution in [3.8, 4) is 0 Å². The van der Waals surface area contributed by atoms with Gasteiger partial charge >= 0.3 is 6.09 Å². The maximum atomic E-state index is 15.0. The van der Waals surface area contributed by atoms with E-state index in [0.717, 1.165) is 17.5 Å². The normalized spacial score (nSPS) is 16.1. The number of aliphatic hydroxyl groups is 1. The first-order valence-electron chi connectivity index (χ1n) is 18.4. The Morgan fingerprint density at radius 1 is 0.909 bits per heavy atom. The molecule has 4 aromatic carbocycles. The van der Waals surface area contributed by atoms with Crippen LogP contribution < -0.4 is 22.1 Å². The van der Waals surface area contributed by atoms with Gasteiger partial charge in [-0.3, -0.25) is 34.3 Å². The predicted octanol–water partition coefficient (Wildman–Crippen LogP) is 4.46. The third-order valence-electron chi connectivity index (χ3n) is 9.68. The molecule has 0 aromatic heterocycles. The summed E-state index contributed by atoms with van der Waals surface area (Å²) in [4.78, 5) is 71.5. The monoisotopic (exact) mass is 750 g/mol. The summed E-state index contributed by atoms with van der Waals surface area (Å²) in [7, 11) is 0. The number of aryl methyl sites for hydroxylation is 1. The van der Waals surface area contributed by atoms with Gasteiger partial charge in [0.05, 0.1) is 35.9 Å². The van der Waals surface area contributed by atoms with E-state index in [1.165, 1.54) is 6.07 Å². The highest BCUT2D eigenvalue weighted by Gasteiger charge is 2.43. The Hall–Kier alpha value is -5.63. The number of benzene rings is 4. The van der Waals surface area contributed by atoms with Crippen molar-refractivity contribution < 1.29 is 33.8 Å². The first-order valence-corrected chi connectivity index (χ1v) is 18.4. The highest BCUT2D eigenvalue weighted by Crippen LogP contribution is 2.29. The number of fused-ring (bicyclic) bond motifs is 1. The van der Waals surface area contributed by atoms with Crippen LogP contribution in [-0.4, -0.2) is 81.1 Å². The summed E-state index contributed by atoms with van der Waals surface area (Å²) in [5.41, 5.74) is 12.8. The minimum Gasteiger partial charge on any atom is -0.444 e. The Labute approximate surface area is 321 Å². The summed E-state index contributed by atoms with van der Waals surface area (Å²) >= 11 is 0. The van der Waals surface area contributed by atoms with E-state index in [2.05, 4.69) is 10.6 Å². The molecule has 0 radical (unpaired) electrons. The quantitative estimate of drug-likeness (QED) is 0.116. The van der Waals surface area contributed by atoms with Crippen LogP contribution in [0.15, 0.2) is 97.1 Å². The summed E-state index contributed by atoms with van der Waals surface area (Å²) in [6, 6.07) is 26.3. The van der Waals surface area contributed by atoms with Crippen molar-refractivity contribution in [1.82, 2.24) is 15.1 Å². The van der Waals surface area contributed by atoms with Gasteiger partial charge in [0, 0.05) is 5.54 Å².